The number of benzene rings is 1. The molecule has 1 aliphatic carbocycles. The van der Waals surface area contributed by atoms with Crippen molar-refractivity contribution in [2.45, 2.75) is 37.3 Å². The molecule has 1 unspecified atom stereocenters. The van der Waals surface area contributed by atoms with E-state index in [0.29, 0.717) is 17.8 Å². The van der Waals surface area contributed by atoms with Crippen molar-refractivity contribution in [2.75, 3.05) is 18.0 Å². The first-order valence-electron chi connectivity index (χ1n) is 8.23. The lowest BCUT2D eigenvalue weighted by Gasteiger charge is -2.29. The molecule has 1 atom stereocenters. The van der Waals surface area contributed by atoms with Gasteiger partial charge in [0.25, 0.3) is 5.91 Å². The maximum Gasteiger partial charge on any atom is 0.329 e. The van der Waals surface area contributed by atoms with Crippen LogP contribution in [0.15, 0.2) is 24.3 Å². The van der Waals surface area contributed by atoms with Crippen molar-refractivity contribution in [1.29, 1.82) is 0 Å². The summed E-state index contributed by atoms with van der Waals surface area (Å²) >= 11 is 0. The van der Waals surface area contributed by atoms with Gasteiger partial charge in [-0.3, -0.25) is 19.8 Å². The highest BCUT2D eigenvalue weighted by Crippen LogP contribution is 2.44. The zero-order valence-electron chi connectivity index (χ0n) is 13.2. The molecule has 7 heteroatoms. The van der Waals surface area contributed by atoms with Crippen LogP contribution in [0.4, 0.5) is 10.5 Å². The zero-order valence-corrected chi connectivity index (χ0v) is 13.2. The van der Waals surface area contributed by atoms with E-state index in [-0.39, 0.29) is 24.4 Å². The molecular weight excluding hydrogens is 310 g/mol. The SMILES string of the molecule is O=C1CN(c2ccc(C(=O)N3CCCC3C3(O)CC3)cc2)C(=O)N1. The number of hydrogen-bond donors (Lipinski definition) is 2. The first kappa shape index (κ1) is 15.1. The van der Waals surface area contributed by atoms with Gasteiger partial charge in [-0.25, -0.2) is 4.79 Å². The summed E-state index contributed by atoms with van der Waals surface area (Å²) in [5.41, 5.74) is 0.412. The molecule has 2 aliphatic heterocycles. The third kappa shape index (κ3) is 2.45. The van der Waals surface area contributed by atoms with Crippen LogP contribution in [0.25, 0.3) is 0 Å². The van der Waals surface area contributed by atoms with Gasteiger partial charge in [0.2, 0.25) is 5.91 Å². The van der Waals surface area contributed by atoms with E-state index in [4.69, 9.17) is 0 Å². The summed E-state index contributed by atoms with van der Waals surface area (Å²) in [7, 11) is 0. The number of carbonyl (C=O) groups excluding carboxylic acids is 3. The molecule has 3 fully saturated rings. The lowest BCUT2D eigenvalue weighted by molar-refractivity contribution is -0.117. The largest absolute Gasteiger partial charge is 0.388 e. The molecule has 1 saturated carbocycles. The molecule has 0 spiro atoms. The number of aliphatic hydroxyl groups is 1. The van der Waals surface area contributed by atoms with E-state index >= 15 is 0 Å². The fraction of sp³-hybridized carbons (Fsp3) is 0.471. The third-order valence-electron chi connectivity index (χ3n) is 5.12. The molecule has 1 aromatic carbocycles. The van der Waals surface area contributed by atoms with E-state index in [1.54, 1.807) is 29.2 Å². The minimum Gasteiger partial charge on any atom is -0.388 e. The van der Waals surface area contributed by atoms with Crippen molar-refractivity contribution in [1.82, 2.24) is 10.2 Å². The third-order valence-corrected chi connectivity index (χ3v) is 5.12. The second-order valence-corrected chi connectivity index (χ2v) is 6.75. The number of nitrogens with zero attached hydrogens (tertiary/aromatic N) is 2. The van der Waals surface area contributed by atoms with Gasteiger partial charge >= 0.3 is 6.03 Å². The van der Waals surface area contributed by atoms with Crippen LogP contribution in [0.2, 0.25) is 0 Å². The predicted molar refractivity (Wildman–Crippen MR) is 85.6 cm³/mol. The average Bonchev–Trinajstić information content (AvgIpc) is 2.99. The van der Waals surface area contributed by atoms with Crippen LogP contribution in [0.5, 0.6) is 0 Å². The zero-order chi connectivity index (χ0) is 16.9. The summed E-state index contributed by atoms with van der Waals surface area (Å²) in [6, 6.07) is 6.13. The molecule has 0 bridgehead atoms. The highest BCUT2D eigenvalue weighted by molar-refractivity contribution is 6.12. The Morgan fingerprint density at radius 3 is 2.50 bits per heavy atom. The Hall–Kier alpha value is -2.41. The summed E-state index contributed by atoms with van der Waals surface area (Å²) < 4.78 is 0. The fourth-order valence-corrected chi connectivity index (χ4v) is 3.63. The molecule has 4 rings (SSSR count). The van der Waals surface area contributed by atoms with E-state index < -0.39 is 11.6 Å². The number of urea groups is 1. The van der Waals surface area contributed by atoms with Crippen molar-refractivity contribution < 1.29 is 19.5 Å². The molecular formula is C17H19N3O4. The maximum atomic E-state index is 12.7. The molecule has 2 N–H and O–H groups in total. The first-order valence-corrected chi connectivity index (χ1v) is 8.23. The molecule has 24 heavy (non-hydrogen) atoms. The summed E-state index contributed by atoms with van der Waals surface area (Å²) in [5.74, 6) is -0.427. The van der Waals surface area contributed by atoms with Gasteiger partial charge in [-0.2, -0.15) is 0 Å². The van der Waals surface area contributed by atoms with Gasteiger partial charge in [0.1, 0.15) is 6.54 Å². The second-order valence-electron chi connectivity index (χ2n) is 6.75. The Labute approximate surface area is 139 Å². The van der Waals surface area contributed by atoms with Gasteiger partial charge in [-0.1, -0.05) is 0 Å². The Bertz CT molecular complexity index is 711. The lowest BCUT2D eigenvalue weighted by atomic mass is 10.1. The highest BCUT2D eigenvalue weighted by Gasteiger charge is 2.52. The minimum atomic E-state index is -0.694. The number of rotatable bonds is 3. The molecule has 1 aromatic rings. The van der Waals surface area contributed by atoms with E-state index in [1.807, 2.05) is 0 Å². The molecule has 0 aromatic heterocycles. The fourth-order valence-electron chi connectivity index (χ4n) is 3.63. The number of carbonyl (C=O) groups is 3. The van der Waals surface area contributed by atoms with E-state index in [0.717, 1.165) is 25.7 Å². The van der Waals surface area contributed by atoms with Crippen molar-refractivity contribution in [2.24, 2.45) is 0 Å². The second kappa shape index (κ2) is 5.31. The molecule has 2 heterocycles. The van der Waals surface area contributed by atoms with Gasteiger partial charge < -0.3 is 10.0 Å². The Morgan fingerprint density at radius 1 is 1.21 bits per heavy atom. The number of nitrogens with one attached hydrogen (secondary N) is 1. The van der Waals surface area contributed by atoms with E-state index in [1.165, 1.54) is 4.90 Å². The number of amides is 4. The number of likely N-dealkylation sites (tertiary alicyclic amines) is 1. The van der Waals surface area contributed by atoms with Crippen LogP contribution >= 0.6 is 0 Å². The number of hydrogen-bond acceptors (Lipinski definition) is 4. The first-order chi connectivity index (χ1) is 11.5. The molecule has 0 radical (unpaired) electrons. The topological polar surface area (TPSA) is 90.0 Å². The maximum absolute atomic E-state index is 12.7. The van der Waals surface area contributed by atoms with Crippen molar-refractivity contribution >= 4 is 23.5 Å². The van der Waals surface area contributed by atoms with Crippen LogP contribution in [0.1, 0.15) is 36.0 Å². The minimum absolute atomic E-state index is 0.00659. The monoisotopic (exact) mass is 329 g/mol. The van der Waals surface area contributed by atoms with E-state index in [9.17, 15) is 19.5 Å². The number of anilines is 1. The van der Waals surface area contributed by atoms with Gasteiger partial charge in [-0.05, 0) is 49.9 Å². The molecule has 4 amide bonds. The predicted octanol–water partition coefficient (Wildman–Crippen LogP) is 0.872. The summed E-state index contributed by atoms with van der Waals surface area (Å²) in [5, 5.41) is 12.6. The van der Waals surface area contributed by atoms with Gasteiger partial charge in [0, 0.05) is 17.8 Å². The Balaban J connectivity index is 1.51. The Morgan fingerprint density at radius 2 is 1.92 bits per heavy atom. The number of imide groups is 1. The summed E-state index contributed by atoms with van der Waals surface area (Å²) in [4.78, 5) is 38.8. The van der Waals surface area contributed by atoms with Crippen molar-refractivity contribution in [3.63, 3.8) is 0 Å². The van der Waals surface area contributed by atoms with Gasteiger partial charge in [0.05, 0.1) is 11.6 Å². The quantitative estimate of drug-likeness (QED) is 0.805. The van der Waals surface area contributed by atoms with Crippen LogP contribution in [0, 0.1) is 0 Å². The van der Waals surface area contributed by atoms with Crippen LogP contribution < -0.4 is 10.2 Å². The smallest absolute Gasteiger partial charge is 0.329 e. The average molecular weight is 329 g/mol. The van der Waals surface area contributed by atoms with Gasteiger partial charge in [-0.15, -0.1) is 0 Å². The molecule has 126 valence electrons. The summed E-state index contributed by atoms with van der Waals surface area (Å²) in [6.45, 7) is 0.657. The lowest BCUT2D eigenvalue weighted by Crippen LogP contribution is -2.44. The molecule has 3 aliphatic rings. The summed E-state index contributed by atoms with van der Waals surface area (Å²) in [6.07, 6.45) is 3.28. The van der Waals surface area contributed by atoms with Crippen LogP contribution in [-0.2, 0) is 4.79 Å². The highest BCUT2D eigenvalue weighted by atomic mass is 16.3. The van der Waals surface area contributed by atoms with Crippen LogP contribution in [0.3, 0.4) is 0 Å². The van der Waals surface area contributed by atoms with Crippen LogP contribution in [-0.4, -0.2) is 52.6 Å². The molecule has 2 saturated heterocycles. The molecule has 7 nitrogen and oxygen atoms in total. The van der Waals surface area contributed by atoms with Crippen molar-refractivity contribution in [3.8, 4) is 0 Å². The standard InChI is InChI=1S/C17H19N3O4/c21-14-10-20(16(23)18-14)12-5-3-11(4-6-12)15(22)19-9-1-2-13(19)17(24)7-8-17/h3-6,13,24H,1-2,7-10H2,(H,18,21,23). The van der Waals surface area contributed by atoms with Gasteiger partial charge in [0.15, 0.2) is 0 Å². The normalized spacial score (nSPS) is 25.1. The Kier molecular flexibility index (Phi) is 3.35. The van der Waals surface area contributed by atoms with E-state index in [2.05, 4.69) is 5.32 Å². The van der Waals surface area contributed by atoms with Crippen molar-refractivity contribution in [3.05, 3.63) is 29.8 Å².